The van der Waals surface area contributed by atoms with Crippen LogP contribution >= 0.6 is 0 Å². The quantitative estimate of drug-likeness (QED) is 0.817. The zero-order valence-electron chi connectivity index (χ0n) is 13.0. The smallest absolute Gasteiger partial charge is 0.119 e. The van der Waals surface area contributed by atoms with Crippen molar-refractivity contribution >= 4 is 5.69 Å². The summed E-state index contributed by atoms with van der Waals surface area (Å²) in [4.78, 5) is 0. The number of benzene rings is 2. The van der Waals surface area contributed by atoms with Gasteiger partial charge in [-0.2, -0.15) is 0 Å². The minimum atomic E-state index is 0.767. The summed E-state index contributed by atoms with van der Waals surface area (Å²) in [5.41, 5.74) is 3.54. The van der Waals surface area contributed by atoms with Crippen molar-refractivity contribution in [3.63, 3.8) is 0 Å². The third-order valence-corrected chi connectivity index (χ3v) is 3.31. The van der Waals surface area contributed by atoms with E-state index in [0.717, 1.165) is 36.8 Å². The summed E-state index contributed by atoms with van der Waals surface area (Å²) < 4.78 is 10.8. The van der Waals surface area contributed by atoms with Crippen LogP contribution in [0.15, 0.2) is 42.5 Å². The van der Waals surface area contributed by atoms with Crippen LogP contribution in [-0.2, 0) is 6.54 Å². The van der Waals surface area contributed by atoms with Crippen LogP contribution in [-0.4, -0.2) is 13.7 Å². The molecule has 0 fully saturated rings. The lowest BCUT2D eigenvalue weighted by molar-refractivity contribution is 0.317. The molecule has 2 aromatic rings. The van der Waals surface area contributed by atoms with Crippen molar-refractivity contribution < 1.29 is 9.47 Å². The molecule has 2 rings (SSSR count). The fourth-order valence-electron chi connectivity index (χ4n) is 2.08. The Morgan fingerprint density at radius 1 is 1.00 bits per heavy atom. The van der Waals surface area contributed by atoms with Crippen molar-refractivity contribution in [3.05, 3.63) is 53.6 Å². The number of nitrogens with one attached hydrogen (secondary N) is 1. The molecule has 0 aliphatic rings. The molecule has 0 radical (unpaired) electrons. The Morgan fingerprint density at radius 3 is 2.33 bits per heavy atom. The van der Waals surface area contributed by atoms with Crippen LogP contribution in [0.25, 0.3) is 0 Å². The summed E-state index contributed by atoms with van der Waals surface area (Å²) >= 11 is 0. The van der Waals surface area contributed by atoms with Gasteiger partial charge in [-0.25, -0.2) is 0 Å². The van der Waals surface area contributed by atoms with Crippen molar-refractivity contribution in [1.29, 1.82) is 0 Å². The van der Waals surface area contributed by atoms with Gasteiger partial charge in [-0.05, 0) is 54.8 Å². The Kier molecular flexibility index (Phi) is 5.50. The van der Waals surface area contributed by atoms with Crippen molar-refractivity contribution in [3.8, 4) is 11.5 Å². The summed E-state index contributed by atoms with van der Waals surface area (Å²) in [6.07, 6.45) is 1.03. The van der Waals surface area contributed by atoms with E-state index in [1.54, 1.807) is 7.11 Å². The Bertz CT molecular complexity index is 564. The Hall–Kier alpha value is -2.16. The van der Waals surface area contributed by atoms with Gasteiger partial charge < -0.3 is 14.8 Å². The first-order valence-corrected chi connectivity index (χ1v) is 7.33. The highest BCUT2D eigenvalue weighted by molar-refractivity contribution is 5.53. The normalized spacial score (nSPS) is 10.2. The van der Waals surface area contributed by atoms with Crippen molar-refractivity contribution in [1.82, 2.24) is 0 Å². The minimum Gasteiger partial charge on any atom is -0.497 e. The van der Waals surface area contributed by atoms with Crippen LogP contribution in [0.2, 0.25) is 0 Å². The Balaban J connectivity index is 1.93. The highest BCUT2D eigenvalue weighted by Crippen LogP contribution is 2.22. The third-order valence-electron chi connectivity index (χ3n) is 3.31. The predicted molar refractivity (Wildman–Crippen MR) is 87.3 cm³/mol. The summed E-state index contributed by atoms with van der Waals surface area (Å²) in [5.74, 6) is 1.82. The maximum absolute atomic E-state index is 5.58. The average Bonchev–Trinajstić information content (AvgIpc) is 2.52. The van der Waals surface area contributed by atoms with Gasteiger partial charge in [0, 0.05) is 12.2 Å². The molecule has 112 valence electrons. The average molecular weight is 285 g/mol. The number of methoxy groups -OCH3 is 1. The highest BCUT2D eigenvalue weighted by atomic mass is 16.5. The molecule has 0 bridgehead atoms. The third kappa shape index (κ3) is 4.42. The van der Waals surface area contributed by atoms with Gasteiger partial charge in [0.25, 0.3) is 0 Å². The molecule has 21 heavy (non-hydrogen) atoms. The van der Waals surface area contributed by atoms with E-state index < -0.39 is 0 Å². The summed E-state index contributed by atoms with van der Waals surface area (Å²) in [6.45, 7) is 5.74. The largest absolute Gasteiger partial charge is 0.497 e. The molecule has 0 spiro atoms. The first-order chi connectivity index (χ1) is 10.2. The Morgan fingerprint density at radius 2 is 1.71 bits per heavy atom. The lowest BCUT2D eigenvalue weighted by Gasteiger charge is -2.11. The Labute approximate surface area is 126 Å². The molecule has 0 aromatic heterocycles. The van der Waals surface area contributed by atoms with Crippen LogP contribution < -0.4 is 14.8 Å². The second-order valence-corrected chi connectivity index (χ2v) is 5.03. The van der Waals surface area contributed by atoms with Crippen LogP contribution in [0, 0.1) is 6.92 Å². The molecular formula is C18H23NO2. The maximum atomic E-state index is 5.58. The van der Waals surface area contributed by atoms with Gasteiger partial charge >= 0.3 is 0 Å². The molecular weight excluding hydrogens is 262 g/mol. The summed E-state index contributed by atoms with van der Waals surface area (Å²) in [6, 6.07) is 14.3. The molecule has 0 saturated heterocycles. The molecule has 0 unspecified atom stereocenters. The maximum Gasteiger partial charge on any atom is 0.119 e. The van der Waals surface area contributed by atoms with Gasteiger partial charge in [0.1, 0.15) is 11.5 Å². The van der Waals surface area contributed by atoms with E-state index in [0.29, 0.717) is 0 Å². The zero-order chi connectivity index (χ0) is 15.1. The van der Waals surface area contributed by atoms with Gasteiger partial charge in [-0.1, -0.05) is 19.1 Å². The number of anilines is 1. The molecule has 0 atom stereocenters. The predicted octanol–water partition coefficient (Wildman–Crippen LogP) is 4.40. The van der Waals surface area contributed by atoms with Gasteiger partial charge in [0.05, 0.1) is 13.7 Å². The molecule has 0 aliphatic carbocycles. The SMILES string of the molecule is CCCOc1ccc(CNc2ccc(OC)cc2C)cc1. The fraction of sp³-hybridized carbons (Fsp3) is 0.333. The molecule has 3 heteroatoms. The highest BCUT2D eigenvalue weighted by Gasteiger charge is 2.01. The first kappa shape index (κ1) is 15.2. The first-order valence-electron chi connectivity index (χ1n) is 7.33. The van der Waals surface area contributed by atoms with Crippen molar-refractivity contribution in [2.24, 2.45) is 0 Å². The number of hydrogen-bond donors (Lipinski definition) is 1. The zero-order valence-corrected chi connectivity index (χ0v) is 13.0. The van der Waals surface area contributed by atoms with Gasteiger partial charge in [0.15, 0.2) is 0 Å². The van der Waals surface area contributed by atoms with E-state index in [-0.39, 0.29) is 0 Å². The standard InChI is InChI=1S/C18H23NO2/c1-4-11-21-16-7-5-15(6-8-16)13-19-18-10-9-17(20-3)12-14(18)2/h5-10,12,19H,4,11,13H2,1-3H3. The van der Waals surface area contributed by atoms with Crippen LogP contribution in [0.3, 0.4) is 0 Å². The lowest BCUT2D eigenvalue weighted by Crippen LogP contribution is -2.01. The number of hydrogen-bond acceptors (Lipinski definition) is 3. The van der Waals surface area contributed by atoms with Crippen molar-refractivity contribution in [2.75, 3.05) is 19.0 Å². The minimum absolute atomic E-state index is 0.767. The second kappa shape index (κ2) is 7.58. The van der Waals surface area contributed by atoms with Crippen LogP contribution in [0.1, 0.15) is 24.5 Å². The molecule has 0 heterocycles. The second-order valence-electron chi connectivity index (χ2n) is 5.03. The molecule has 2 aromatic carbocycles. The molecule has 3 nitrogen and oxygen atoms in total. The van der Waals surface area contributed by atoms with Crippen molar-refractivity contribution in [2.45, 2.75) is 26.8 Å². The molecule has 0 aliphatic heterocycles. The monoisotopic (exact) mass is 285 g/mol. The number of rotatable bonds is 7. The van der Waals surface area contributed by atoms with Gasteiger partial charge in [0.2, 0.25) is 0 Å². The molecule has 0 amide bonds. The lowest BCUT2D eigenvalue weighted by atomic mass is 10.1. The van der Waals surface area contributed by atoms with E-state index in [1.165, 1.54) is 11.1 Å². The molecule has 0 saturated carbocycles. The van der Waals surface area contributed by atoms with Gasteiger partial charge in [-0.3, -0.25) is 0 Å². The van der Waals surface area contributed by atoms with Crippen LogP contribution in [0.4, 0.5) is 5.69 Å². The summed E-state index contributed by atoms with van der Waals surface area (Å²) in [5, 5.41) is 3.45. The number of ether oxygens (including phenoxy) is 2. The summed E-state index contributed by atoms with van der Waals surface area (Å²) in [7, 11) is 1.68. The topological polar surface area (TPSA) is 30.5 Å². The number of aryl methyl sites for hydroxylation is 1. The van der Waals surface area contributed by atoms with E-state index >= 15 is 0 Å². The van der Waals surface area contributed by atoms with E-state index in [9.17, 15) is 0 Å². The van der Waals surface area contributed by atoms with Gasteiger partial charge in [-0.15, -0.1) is 0 Å². The van der Waals surface area contributed by atoms with E-state index in [4.69, 9.17) is 9.47 Å². The molecule has 1 N–H and O–H groups in total. The van der Waals surface area contributed by atoms with E-state index in [1.807, 2.05) is 30.3 Å². The van der Waals surface area contributed by atoms with E-state index in [2.05, 4.69) is 31.3 Å². The fourth-order valence-corrected chi connectivity index (χ4v) is 2.08. The van der Waals surface area contributed by atoms with Crippen LogP contribution in [0.5, 0.6) is 11.5 Å².